The van der Waals surface area contributed by atoms with Crippen LogP contribution < -0.4 is 21.0 Å². The largest absolute Gasteiger partial charge is 0.494 e. The molecule has 3 aliphatic heterocycles. The molecule has 3 aromatic rings. The maximum absolute atomic E-state index is 13.5. The second kappa shape index (κ2) is 10.1. The van der Waals surface area contributed by atoms with E-state index in [0.717, 1.165) is 65.7 Å². The van der Waals surface area contributed by atoms with Gasteiger partial charge in [-0.25, -0.2) is 4.98 Å². The molecule has 0 atom stereocenters. The number of hydrogen-bond acceptors (Lipinski definition) is 7. The second-order valence-electron chi connectivity index (χ2n) is 11.8. The number of aromatic nitrogens is 1. The summed E-state index contributed by atoms with van der Waals surface area (Å²) in [6, 6.07) is 19.9. The van der Waals surface area contributed by atoms with Crippen LogP contribution in [0.4, 0.5) is 17.2 Å². The van der Waals surface area contributed by atoms with Crippen molar-refractivity contribution in [1.29, 1.82) is 0 Å². The molecule has 2 saturated heterocycles. The van der Waals surface area contributed by atoms with Crippen LogP contribution in [-0.4, -0.2) is 67.3 Å². The molecule has 0 radical (unpaired) electrons. The molecular weight excluding hydrogens is 501 g/mol. The zero-order valence-corrected chi connectivity index (χ0v) is 23.8. The first-order valence-corrected chi connectivity index (χ1v) is 13.9. The molecule has 2 aromatic carbocycles. The summed E-state index contributed by atoms with van der Waals surface area (Å²) in [5.41, 5.74) is 4.62. The predicted octanol–water partition coefficient (Wildman–Crippen LogP) is 4.07. The molecule has 0 spiro atoms. The van der Waals surface area contributed by atoms with Crippen LogP contribution in [0.5, 0.6) is 0 Å². The number of pyridine rings is 1. The van der Waals surface area contributed by atoms with Crippen LogP contribution in [0.3, 0.4) is 0 Å². The zero-order valence-electron chi connectivity index (χ0n) is 23.8. The summed E-state index contributed by atoms with van der Waals surface area (Å²) in [6.45, 7) is 12.1. The standard InChI is InChI=1S/C31H36BN5O3/c1-30(2)31(3,4)40-32(39-30)22-11-13-24-25(19-22)35-29(38)27(24)28(21-9-7-6-8-10-21)34-23-12-14-26(33-20-23)37-17-15-36(5)16-18-37/h6-14,19-20,34H,15-18H2,1-5H3,(H,35,38)/b28-27-. The summed E-state index contributed by atoms with van der Waals surface area (Å²) in [5.74, 6) is 0.807. The molecule has 6 rings (SSSR count). The van der Waals surface area contributed by atoms with Crippen molar-refractivity contribution in [3.63, 3.8) is 0 Å². The smallest absolute Gasteiger partial charge is 0.399 e. The number of fused-ring (bicyclic) bond motifs is 1. The highest BCUT2D eigenvalue weighted by atomic mass is 16.7. The number of anilines is 3. The molecule has 1 amide bonds. The van der Waals surface area contributed by atoms with Gasteiger partial charge in [-0.2, -0.15) is 0 Å². The molecule has 0 unspecified atom stereocenters. The van der Waals surface area contributed by atoms with Gasteiger partial charge in [0.05, 0.1) is 34.4 Å². The lowest BCUT2D eigenvalue weighted by atomic mass is 9.78. The van der Waals surface area contributed by atoms with E-state index in [1.54, 1.807) is 0 Å². The van der Waals surface area contributed by atoms with Gasteiger partial charge in [-0.05, 0) is 64.0 Å². The summed E-state index contributed by atoms with van der Waals surface area (Å²) in [4.78, 5) is 22.8. The van der Waals surface area contributed by atoms with Crippen molar-refractivity contribution in [2.75, 3.05) is 48.8 Å². The number of nitrogens with one attached hydrogen (secondary N) is 2. The lowest BCUT2D eigenvalue weighted by Crippen LogP contribution is -2.44. The van der Waals surface area contributed by atoms with Crippen LogP contribution in [0.15, 0.2) is 66.9 Å². The average molecular weight is 537 g/mol. The minimum absolute atomic E-state index is 0.158. The van der Waals surface area contributed by atoms with Gasteiger partial charge in [-0.15, -0.1) is 0 Å². The number of nitrogens with zero attached hydrogens (tertiary/aromatic N) is 3. The SMILES string of the molecule is CN1CCN(c2ccc(N/C(=C3\C(=O)Nc4cc(B5OC(C)(C)C(C)(C)O5)ccc43)c3ccccc3)cn2)CC1. The number of likely N-dealkylation sites (N-methyl/N-ethyl adjacent to an activating group) is 1. The van der Waals surface area contributed by atoms with E-state index in [9.17, 15) is 4.79 Å². The average Bonchev–Trinajstić information content (AvgIpc) is 3.38. The lowest BCUT2D eigenvalue weighted by Gasteiger charge is -2.33. The van der Waals surface area contributed by atoms with Crippen LogP contribution in [0.2, 0.25) is 0 Å². The van der Waals surface area contributed by atoms with Crippen LogP contribution in [0.25, 0.3) is 11.3 Å². The van der Waals surface area contributed by atoms with Crippen molar-refractivity contribution in [3.05, 3.63) is 78.0 Å². The number of hydrogen-bond donors (Lipinski definition) is 2. The molecule has 9 heteroatoms. The Morgan fingerprint density at radius 3 is 2.30 bits per heavy atom. The Labute approximate surface area is 236 Å². The number of carbonyl (C=O) groups excluding carboxylic acids is 1. The molecule has 3 aliphatic rings. The van der Waals surface area contributed by atoms with E-state index >= 15 is 0 Å². The van der Waals surface area contributed by atoms with E-state index in [0.29, 0.717) is 5.57 Å². The summed E-state index contributed by atoms with van der Waals surface area (Å²) < 4.78 is 12.5. The number of rotatable bonds is 5. The maximum Gasteiger partial charge on any atom is 0.494 e. The zero-order chi connectivity index (χ0) is 28.1. The monoisotopic (exact) mass is 537 g/mol. The second-order valence-corrected chi connectivity index (χ2v) is 11.8. The van der Waals surface area contributed by atoms with Crippen LogP contribution >= 0.6 is 0 Å². The fourth-order valence-corrected chi connectivity index (χ4v) is 5.28. The molecule has 4 heterocycles. The topological polar surface area (TPSA) is 79.0 Å². The van der Waals surface area contributed by atoms with Gasteiger partial charge in [0.25, 0.3) is 5.91 Å². The fraction of sp³-hybridized carbons (Fsp3) is 0.355. The first-order valence-electron chi connectivity index (χ1n) is 13.9. The first-order chi connectivity index (χ1) is 19.1. The molecule has 0 aliphatic carbocycles. The summed E-state index contributed by atoms with van der Waals surface area (Å²) in [7, 11) is 1.64. The third-order valence-corrected chi connectivity index (χ3v) is 8.47. The van der Waals surface area contributed by atoms with Crippen LogP contribution in [0.1, 0.15) is 38.8 Å². The Hall–Kier alpha value is -3.66. The molecular formula is C31H36BN5O3. The highest BCUT2D eigenvalue weighted by Crippen LogP contribution is 2.39. The Morgan fingerprint density at radius 1 is 0.950 bits per heavy atom. The molecule has 0 saturated carbocycles. The lowest BCUT2D eigenvalue weighted by molar-refractivity contribution is -0.110. The summed E-state index contributed by atoms with van der Waals surface area (Å²) in [5, 5.41) is 6.59. The fourth-order valence-electron chi connectivity index (χ4n) is 5.28. The van der Waals surface area contributed by atoms with E-state index in [1.807, 2.05) is 94.6 Å². The van der Waals surface area contributed by atoms with Gasteiger partial charge >= 0.3 is 7.12 Å². The van der Waals surface area contributed by atoms with Crippen LogP contribution in [0, 0.1) is 0 Å². The van der Waals surface area contributed by atoms with Gasteiger partial charge in [0.2, 0.25) is 0 Å². The van der Waals surface area contributed by atoms with Gasteiger partial charge < -0.3 is 29.7 Å². The van der Waals surface area contributed by atoms with Gasteiger partial charge in [-0.3, -0.25) is 4.79 Å². The van der Waals surface area contributed by atoms with Crippen molar-refractivity contribution in [3.8, 4) is 0 Å². The predicted molar refractivity (Wildman–Crippen MR) is 162 cm³/mol. The van der Waals surface area contributed by atoms with E-state index < -0.39 is 18.3 Å². The van der Waals surface area contributed by atoms with Crippen molar-refractivity contribution in [2.24, 2.45) is 0 Å². The highest BCUT2D eigenvalue weighted by Gasteiger charge is 2.52. The Kier molecular flexibility index (Phi) is 6.69. The third kappa shape index (κ3) is 4.89. The highest BCUT2D eigenvalue weighted by molar-refractivity contribution is 6.62. The minimum atomic E-state index is -0.503. The normalized spacial score (nSPS) is 21.3. The molecule has 2 N–H and O–H groups in total. The van der Waals surface area contributed by atoms with E-state index in [4.69, 9.17) is 14.3 Å². The van der Waals surface area contributed by atoms with E-state index in [-0.39, 0.29) is 5.91 Å². The van der Waals surface area contributed by atoms with Crippen molar-refractivity contribution >= 4 is 47.0 Å². The van der Waals surface area contributed by atoms with Crippen molar-refractivity contribution in [2.45, 2.75) is 38.9 Å². The molecule has 1 aromatic heterocycles. The molecule has 40 heavy (non-hydrogen) atoms. The van der Waals surface area contributed by atoms with E-state index in [2.05, 4.69) is 27.5 Å². The molecule has 206 valence electrons. The summed E-state index contributed by atoms with van der Waals surface area (Å²) in [6.07, 6.45) is 1.84. The number of carbonyl (C=O) groups is 1. The van der Waals surface area contributed by atoms with Crippen LogP contribution in [-0.2, 0) is 14.1 Å². The molecule has 0 bridgehead atoms. The Morgan fingerprint density at radius 2 is 1.65 bits per heavy atom. The molecule has 2 fully saturated rings. The number of piperazine rings is 1. The van der Waals surface area contributed by atoms with Gasteiger partial charge in [0.1, 0.15) is 5.82 Å². The quantitative estimate of drug-likeness (QED) is 0.376. The van der Waals surface area contributed by atoms with Crippen molar-refractivity contribution < 1.29 is 14.1 Å². The first kappa shape index (κ1) is 26.6. The third-order valence-electron chi connectivity index (χ3n) is 8.47. The minimum Gasteiger partial charge on any atom is -0.399 e. The van der Waals surface area contributed by atoms with E-state index in [1.165, 1.54) is 0 Å². The number of amides is 1. The van der Waals surface area contributed by atoms with Gasteiger partial charge in [0.15, 0.2) is 0 Å². The Balaban J connectivity index is 1.33. The van der Waals surface area contributed by atoms with Crippen molar-refractivity contribution in [1.82, 2.24) is 9.88 Å². The van der Waals surface area contributed by atoms with Gasteiger partial charge in [-0.1, -0.05) is 42.5 Å². The number of benzene rings is 2. The maximum atomic E-state index is 13.5. The summed E-state index contributed by atoms with van der Waals surface area (Å²) >= 11 is 0. The van der Waals surface area contributed by atoms with Gasteiger partial charge in [0, 0.05) is 37.4 Å². The molecule has 8 nitrogen and oxygen atoms in total. The Bertz CT molecular complexity index is 1430.